The van der Waals surface area contributed by atoms with E-state index in [1.807, 2.05) is 0 Å². The summed E-state index contributed by atoms with van der Waals surface area (Å²) in [5.74, 6) is 0.491. The number of aliphatic hydroxyl groups is 2. The number of nitrogen functional groups attached to an aromatic ring is 1. The minimum atomic E-state index is -1.22. The molecule has 2 unspecified atom stereocenters. The van der Waals surface area contributed by atoms with E-state index >= 15 is 0 Å². The Labute approximate surface area is 97.3 Å². The number of aliphatic hydroxyl groups excluding tert-OH is 2. The van der Waals surface area contributed by atoms with Crippen molar-refractivity contribution in [1.82, 2.24) is 4.98 Å². The highest BCUT2D eigenvalue weighted by atomic mass is 16.5. The Balaban J connectivity index is 2.88. The van der Waals surface area contributed by atoms with Crippen LogP contribution in [0, 0.1) is 0 Å². The highest BCUT2D eigenvalue weighted by molar-refractivity contribution is 5.47. The topological polar surface area (TPSA) is 137 Å². The van der Waals surface area contributed by atoms with Gasteiger partial charge in [0.1, 0.15) is 6.10 Å². The molecular weight excluding hydrogens is 226 g/mol. The van der Waals surface area contributed by atoms with Crippen molar-refractivity contribution in [2.24, 2.45) is 5.11 Å². The number of hydrogen-bond donors (Lipinski definition) is 3. The standard InChI is InChI=1S/C9H13N5O3/c1-17-7-2-5(3-12-9(7)10)8(16)6(15)4-13-14-11/h2-3,6,8,15-16H,4H2,1H3,(H2,10,12). The van der Waals surface area contributed by atoms with E-state index in [1.54, 1.807) is 0 Å². The van der Waals surface area contributed by atoms with Crippen LogP contribution in [0.25, 0.3) is 10.4 Å². The van der Waals surface area contributed by atoms with Gasteiger partial charge >= 0.3 is 0 Å². The molecule has 0 amide bonds. The zero-order chi connectivity index (χ0) is 12.8. The van der Waals surface area contributed by atoms with Gasteiger partial charge in [-0.25, -0.2) is 4.98 Å². The lowest BCUT2D eigenvalue weighted by molar-refractivity contribution is 0.0241. The molecule has 4 N–H and O–H groups in total. The Hall–Kier alpha value is -2.02. The van der Waals surface area contributed by atoms with E-state index in [0.29, 0.717) is 11.3 Å². The molecule has 0 aliphatic carbocycles. The molecule has 17 heavy (non-hydrogen) atoms. The third kappa shape index (κ3) is 3.22. The average Bonchev–Trinajstić information content (AvgIpc) is 2.35. The van der Waals surface area contributed by atoms with Gasteiger partial charge in [-0.1, -0.05) is 5.11 Å². The number of hydrogen-bond acceptors (Lipinski definition) is 6. The van der Waals surface area contributed by atoms with E-state index in [2.05, 4.69) is 15.0 Å². The molecule has 8 nitrogen and oxygen atoms in total. The predicted octanol–water partition coefficient (Wildman–Crippen LogP) is 0.377. The van der Waals surface area contributed by atoms with Crippen LogP contribution in [0.1, 0.15) is 11.7 Å². The first kappa shape index (κ1) is 13.0. The van der Waals surface area contributed by atoms with Crippen LogP contribution < -0.4 is 10.5 Å². The van der Waals surface area contributed by atoms with Crippen molar-refractivity contribution in [3.8, 4) is 5.75 Å². The van der Waals surface area contributed by atoms with Crippen LogP contribution in [0.15, 0.2) is 17.4 Å². The molecule has 2 atom stereocenters. The monoisotopic (exact) mass is 239 g/mol. The van der Waals surface area contributed by atoms with Crippen molar-refractivity contribution in [3.05, 3.63) is 28.3 Å². The van der Waals surface area contributed by atoms with Crippen LogP contribution in [0.3, 0.4) is 0 Å². The minimum Gasteiger partial charge on any atom is -0.493 e. The molecule has 0 saturated heterocycles. The number of nitrogens with two attached hydrogens (primary N) is 1. The summed E-state index contributed by atoms with van der Waals surface area (Å²) in [4.78, 5) is 6.31. The van der Waals surface area contributed by atoms with Crippen LogP contribution in [0.5, 0.6) is 5.75 Å². The molecule has 0 aliphatic heterocycles. The van der Waals surface area contributed by atoms with Crippen molar-refractivity contribution >= 4 is 5.82 Å². The molecule has 0 bridgehead atoms. The second kappa shape index (κ2) is 5.90. The quantitative estimate of drug-likeness (QED) is 0.387. The van der Waals surface area contributed by atoms with Crippen LogP contribution in [0.2, 0.25) is 0 Å². The number of rotatable bonds is 5. The summed E-state index contributed by atoms with van der Waals surface area (Å²) >= 11 is 0. The molecule has 8 heteroatoms. The Morgan fingerprint density at radius 2 is 2.35 bits per heavy atom. The molecule has 1 aromatic heterocycles. The smallest absolute Gasteiger partial charge is 0.166 e. The SMILES string of the molecule is COc1cc(C(O)C(O)CN=[N+]=[N-])cnc1N. The number of pyridine rings is 1. The van der Waals surface area contributed by atoms with E-state index in [4.69, 9.17) is 16.0 Å². The van der Waals surface area contributed by atoms with Gasteiger partial charge in [0.05, 0.1) is 19.8 Å². The summed E-state index contributed by atoms with van der Waals surface area (Å²) < 4.78 is 4.93. The van der Waals surface area contributed by atoms with Gasteiger partial charge in [0.25, 0.3) is 0 Å². The number of aromatic nitrogens is 1. The Kier molecular flexibility index (Phi) is 4.53. The van der Waals surface area contributed by atoms with E-state index in [0.717, 1.165) is 0 Å². The zero-order valence-electron chi connectivity index (χ0n) is 9.19. The highest BCUT2D eigenvalue weighted by Crippen LogP contribution is 2.24. The van der Waals surface area contributed by atoms with Gasteiger partial charge in [-0.3, -0.25) is 0 Å². The van der Waals surface area contributed by atoms with Gasteiger partial charge in [0.15, 0.2) is 11.6 Å². The predicted molar refractivity (Wildman–Crippen MR) is 60.2 cm³/mol. The molecule has 0 aliphatic rings. The van der Waals surface area contributed by atoms with Crippen molar-refractivity contribution in [2.45, 2.75) is 12.2 Å². The lowest BCUT2D eigenvalue weighted by atomic mass is 10.1. The average molecular weight is 239 g/mol. The lowest BCUT2D eigenvalue weighted by Crippen LogP contribution is -2.21. The first-order chi connectivity index (χ1) is 8.10. The van der Waals surface area contributed by atoms with Crippen molar-refractivity contribution < 1.29 is 14.9 Å². The van der Waals surface area contributed by atoms with Gasteiger partial charge in [-0.15, -0.1) is 0 Å². The van der Waals surface area contributed by atoms with Gasteiger partial charge in [0.2, 0.25) is 0 Å². The van der Waals surface area contributed by atoms with E-state index in [9.17, 15) is 10.2 Å². The number of ether oxygens (including phenoxy) is 1. The maximum atomic E-state index is 9.76. The van der Waals surface area contributed by atoms with E-state index < -0.39 is 12.2 Å². The summed E-state index contributed by atoms with van der Waals surface area (Å²) in [6, 6.07) is 1.46. The van der Waals surface area contributed by atoms with Crippen LogP contribution in [-0.4, -0.2) is 35.0 Å². The summed E-state index contributed by atoms with van der Waals surface area (Å²) in [5, 5.41) is 22.4. The summed E-state index contributed by atoms with van der Waals surface area (Å²) in [6.45, 7) is -0.232. The zero-order valence-corrected chi connectivity index (χ0v) is 9.19. The van der Waals surface area contributed by atoms with Gasteiger partial charge in [0, 0.05) is 16.7 Å². The maximum Gasteiger partial charge on any atom is 0.166 e. The summed E-state index contributed by atoms with van der Waals surface area (Å²) in [5.41, 5.74) is 13.9. The van der Waals surface area contributed by atoms with Crippen molar-refractivity contribution in [3.63, 3.8) is 0 Å². The number of anilines is 1. The normalized spacial score (nSPS) is 13.6. The molecule has 0 spiro atoms. The number of azide groups is 1. The van der Waals surface area contributed by atoms with Gasteiger partial charge < -0.3 is 20.7 Å². The number of methoxy groups -OCH3 is 1. The Bertz CT molecular complexity index is 433. The fourth-order valence-electron chi connectivity index (χ4n) is 1.24. The Morgan fingerprint density at radius 1 is 1.65 bits per heavy atom. The highest BCUT2D eigenvalue weighted by Gasteiger charge is 2.19. The summed E-state index contributed by atoms with van der Waals surface area (Å²) in [7, 11) is 1.42. The first-order valence-electron chi connectivity index (χ1n) is 4.76. The molecular formula is C9H13N5O3. The summed E-state index contributed by atoms with van der Waals surface area (Å²) in [6.07, 6.45) is -1.11. The van der Waals surface area contributed by atoms with Gasteiger partial charge in [-0.2, -0.15) is 0 Å². The van der Waals surface area contributed by atoms with E-state index in [-0.39, 0.29) is 12.4 Å². The third-order valence-electron chi connectivity index (χ3n) is 2.16. The Morgan fingerprint density at radius 3 is 2.94 bits per heavy atom. The fourth-order valence-corrected chi connectivity index (χ4v) is 1.24. The van der Waals surface area contributed by atoms with E-state index in [1.165, 1.54) is 19.4 Å². The molecule has 0 saturated carbocycles. The van der Waals surface area contributed by atoms with Crippen LogP contribution >= 0.6 is 0 Å². The molecule has 0 aromatic carbocycles. The second-order valence-electron chi connectivity index (χ2n) is 3.28. The fraction of sp³-hybridized carbons (Fsp3) is 0.444. The molecule has 0 fully saturated rings. The molecule has 1 heterocycles. The van der Waals surface area contributed by atoms with Crippen molar-refractivity contribution in [1.29, 1.82) is 0 Å². The van der Waals surface area contributed by atoms with Crippen molar-refractivity contribution in [2.75, 3.05) is 19.4 Å². The largest absolute Gasteiger partial charge is 0.493 e. The minimum absolute atomic E-state index is 0.188. The molecule has 0 radical (unpaired) electrons. The second-order valence-corrected chi connectivity index (χ2v) is 3.28. The lowest BCUT2D eigenvalue weighted by Gasteiger charge is -2.16. The maximum absolute atomic E-state index is 9.76. The van der Waals surface area contributed by atoms with Crippen LogP contribution in [0.4, 0.5) is 5.82 Å². The number of nitrogens with zero attached hydrogens (tertiary/aromatic N) is 4. The van der Waals surface area contributed by atoms with Crippen LogP contribution in [-0.2, 0) is 0 Å². The first-order valence-corrected chi connectivity index (χ1v) is 4.76. The molecule has 1 rings (SSSR count). The van der Waals surface area contributed by atoms with Gasteiger partial charge in [-0.05, 0) is 11.6 Å². The third-order valence-corrected chi connectivity index (χ3v) is 2.16. The molecule has 1 aromatic rings. The molecule has 92 valence electrons.